The van der Waals surface area contributed by atoms with E-state index in [0.717, 1.165) is 0 Å². The molecule has 0 radical (unpaired) electrons. The van der Waals surface area contributed by atoms with Gasteiger partial charge in [-0.15, -0.1) is 0 Å². The number of phenols is 1. The summed E-state index contributed by atoms with van der Waals surface area (Å²) >= 11 is 5.53. The van der Waals surface area contributed by atoms with E-state index >= 15 is 0 Å². The van der Waals surface area contributed by atoms with Crippen molar-refractivity contribution in [1.82, 2.24) is 0 Å². The first kappa shape index (κ1) is 29.2. The average molecular weight is 259 g/mol. The van der Waals surface area contributed by atoms with Crippen LogP contribution in [0.5, 0.6) is 5.75 Å². The summed E-state index contributed by atoms with van der Waals surface area (Å²) in [5, 5.41) is 18.0. The van der Waals surface area contributed by atoms with Gasteiger partial charge in [0.15, 0.2) is 0 Å². The summed E-state index contributed by atoms with van der Waals surface area (Å²) in [6, 6.07) is 4.85. The minimum Gasteiger partial charge on any atom is -0.506 e. The van der Waals surface area contributed by atoms with Crippen molar-refractivity contribution in [3.63, 3.8) is 0 Å². The van der Waals surface area contributed by atoms with E-state index in [-0.39, 0.29) is 40.9 Å². The molecule has 0 amide bonds. The summed E-state index contributed by atoms with van der Waals surface area (Å²) in [6.07, 6.45) is 0. The highest BCUT2D eigenvalue weighted by Gasteiger charge is 2.01. The van der Waals surface area contributed by atoms with Crippen molar-refractivity contribution in [2.45, 2.75) is 6.61 Å². The van der Waals surface area contributed by atoms with Gasteiger partial charge in [-0.05, 0) is 6.07 Å². The molecule has 0 bridgehead atoms. The predicted octanol–water partition coefficient (Wildman–Crippen LogP) is 2.30. The minimum absolute atomic E-state index is 0. The summed E-state index contributed by atoms with van der Waals surface area (Å²) < 4.78 is 0. The van der Waals surface area contributed by atoms with Crippen LogP contribution < -0.4 is 0 Å². The molecule has 0 atom stereocenters. The van der Waals surface area contributed by atoms with E-state index in [0.29, 0.717) is 5.56 Å². The maximum absolute atomic E-state index is 9.11. The maximum atomic E-state index is 9.11. The average Bonchev–Trinajstić information content (AvgIpc) is 1.95. The zero-order chi connectivity index (χ0) is 7.56. The molecule has 8 heteroatoms. The van der Waals surface area contributed by atoms with Crippen LogP contribution in [0.1, 0.15) is 5.56 Å². The molecule has 0 heterocycles. The molecule has 0 saturated carbocycles. The van der Waals surface area contributed by atoms with Crippen LogP contribution in [0.2, 0.25) is 5.02 Å². The molecule has 0 aliphatic rings. The molecule has 0 aliphatic carbocycles. The third-order valence-electron chi connectivity index (χ3n) is 1.24. The number of hydrogen-bond acceptors (Lipinski definition) is 2. The molecule has 1 rings (SSSR count). The molecule has 0 saturated heterocycles. The Morgan fingerprint density at radius 2 is 1.47 bits per heavy atom. The molecular weight excluding hydrogens is 247 g/mol. The standard InChI is InChI=1S/C7H7ClO2.5FH/c8-6-3-1-2-5(4-9)7(6)10;;;;;/h1-3,9-10H,4H2;5*1H. The van der Waals surface area contributed by atoms with Gasteiger partial charge in [0, 0.05) is 5.56 Å². The third-order valence-corrected chi connectivity index (χ3v) is 1.55. The Bertz CT molecular complexity index is 249. The lowest BCUT2D eigenvalue weighted by Gasteiger charge is -2.00. The number of hydrogen-bond donors (Lipinski definition) is 2. The summed E-state index contributed by atoms with van der Waals surface area (Å²) in [6.45, 7) is -0.188. The van der Waals surface area contributed by atoms with Crippen molar-refractivity contribution < 1.29 is 33.7 Å². The largest absolute Gasteiger partial charge is 0.506 e. The molecular formula is C7H12ClF5O2. The highest BCUT2D eigenvalue weighted by atomic mass is 35.5. The normalized spacial score (nSPS) is 6.53. The second-order valence-electron chi connectivity index (χ2n) is 1.91. The number of benzene rings is 1. The topological polar surface area (TPSA) is 40.5 Å². The molecule has 1 aromatic rings. The van der Waals surface area contributed by atoms with Gasteiger partial charge in [0.1, 0.15) is 5.75 Å². The molecule has 2 N–H and O–H groups in total. The fourth-order valence-electron chi connectivity index (χ4n) is 0.688. The Hall–Kier alpha value is -1.08. The lowest BCUT2D eigenvalue weighted by atomic mass is 10.2. The summed E-state index contributed by atoms with van der Waals surface area (Å²) in [7, 11) is 0. The van der Waals surface area contributed by atoms with Gasteiger partial charge in [0.2, 0.25) is 0 Å². The smallest absolute Gasteiger partial charge is 0.139 e. The van der Waals surface area contributed by atoms with Gasteiger partial charge >= 0.3 is 0 Å². The first-order chi connectivity index (χ1) is 4.75. The SMILES string of the molecule is F.F.F.F.F.OCc1cccc(Cl)c1O. The van der Waals surface area contributed by atoms with Gasteiger partial charge in [-0.1, -0.05) is 23.7 Å². The highest BCUT2D eigenvalue weighted by Crippen LogP contribution is 2.26. The van der Waals surface area contributed by atoms with E-state index in [1.165, 1.54) is 0 Å². The van der Waals surface area contributed by atoms with Gasteiger partial charge in [0.25, 0.3) is 0 Å². The van der Waals surface area contributed by atoms with Crippen LogP contribution in [0.25, 0.3) is 0 Å². The van der Waals surface area contributed by atoms with Crippen LogP contribution in [0, 0.1) is 0 Å². The van der Waals surface area contributed by atoms with E-state index in [2.05, 4.69) is 0 Å². The van der Waals surface area contributed by atoms with Crippen molar-refractivity contribution in [1.29, 1.82) is 0 Å². The molecule has 0 aromatic heterocycles. The van der Waals surface area contributed by atoms with Crippen molar-refractivity contribution in [2.24, 2.45) is 0 Å². The van der Waals surface area contributed by atoms with E-state index in [4.69, 9.17) is 21.8 Å². The van der Waals surface area contributed by atoms with Gasteiger partial charge < -0.3 is 10.2 Å². The monoisotopic (exact) mass is 258 g/mol. The lowest BCUT2D eigenvalue weighted by Crippen LogP contribution is -1.82. The first-order valence-electron chi connectivity index (χ1n) is 2.83. The fraction of sp³-hybridized carbons (Fsp3) is 0.143. The summed E-state index contributed by atoms with van der Waals surface area (Å²) in [4.78, 5) is 0. The Balaban J connectivity index is -0.0000000667. The molecule has 0 fully saturated rings. The second-order valence-corrected chi connectivity index (χ2v) is 2.31. The predicted molar refractivity (Wildman–Crippen MR) is 51.6 cm³/mol. The van der Waals surface area contributed by atoms with Crippen LogP contribution in [0.3, 0.4) is 0 Å². The molecule has 1 aromatic carbocycles. The Kier molecular flexibility index (Phi) is 25.2. The van der Waals surface area contributed by atoms with E-state index in [9.17, 15) is 0 Å². The Morgan fingerprint density at radius 1 is 1.00 bits per heavy atom. The van der Waals surface area contributed by atoms with Crippen molar-refractivity contribution in [3.8, 4) is 5.75 Å². The maximum Gasteiger partial charge on any atom is 0.139 e. The number of rotatable bonds is 1. The molecule has 0 unspecified atom stereocenters. The van der Waals surface area contributed by atoms with E-state index in [1.54, 1.807) is 18.2 Å². The van der Waals surface area contributed by atoms with Gasteiger partial charge in [-0.25, -0.2) is 0 Å². The lowest BCUT2D eigenvalue weighted by molar-refractivity contribution is 0.275. The Labute approximate surface area is 87.3 Å². The molecule has 0 aliphatic heterocycles. The number of halogens is 6. The number of aliphatic hydroxyl groups is 1. The van der Waals surface area contributed by atoms with E-state index in [1.807, 2.05) is 0 Å². The zero-order valence-electron chi connectivity index (χ0n) is 7.25. The highest BCUT2D eigenvalue weighted by molar-refractivity contribution is 6.32. The van der Waals surface area contributed by atoms with Crippen molar-refractivity contribution in [3.05, 3.63) is 28.8 Å². The van der Waals surface area contributed by atoms with Crippen LogP contribution in [-0.2, 0) is 6.61 Å². The van der Waals surface area contributed by atoms with Gasteiger partial charge in [-0.2, -0.15) is 0 Å². The second kappa shape index (κ2) is 12.9. The summed E-state index contributed by atoms with van der Waals surface area (Å²) in [5.74, 6) is -0.0355. The number of aliphatic hydroxyl groups excluding tert-OH is 1. The van der Waals surface area contributed by atoms with Crippen molar-refractivity contribution in [2.75, 3.05) is 0 Å². The number of para-hydroxylation sites is 1. The zero-order valence-corrected chi connectivity index (χ0v) is 8.01. The van der Waals surface area contributed by atoms with Crippen LogP contribution in [-0.4, -0.2) is 10.2 Å². The molecule has 0 spiro atoms. The van der Waals surface area contributed by atoms with Crippen LogP contribution in [0.4, 0.5) is 23.5 Å². The summed E-state index contributed by atoms with van der Waals surface area (Å²) in [5.41, 5.74) is 0.451. The van der Waals surface area contributed by atoms with Crippen LogP contribution in [0.15, 0.2) is 18.2 Å². The van der Waals surface area contributed by atoms with Crippen molar-refractivity contribution >= 4 is 11.6 Å². The molecule has 15 heavy (non-hydrogen) atoms. The number of aromatic hydroxyl groups is 1. The van der Waals surface area contributed by atoms with Crippen LogP contribution >= 0.6 is 11.6 Å². The molecule has 94 valence electrons. The third kappa shape index (κ3) is 6.92. The van der Waals surface area contributed by atoms with Gasteiger partial charge in [0.05, 0.1) is 11.6 Å². The quantitative estimate of drug-likeness (QED) is 0.759. The Morgan fingerprint density at radius 3 is 1.80 bits per heavy atom. The minimum atomic E-state index is -0.188. The first-order valence-corrected chi connectivity index (χ1v) is 3.20. The van der Waals surface area contributed by atoms with E-state index < -0.39 is 0 Å². The fourth-order valence-corrected chi connectivity index (χ4v) is 0.882. The van der Waals surface area contributed by atoms with Gasteiger partial charge in [-0.3, -0.25) is 23.5 Å². The molecule has 2 nitrogen and oxygen atoms in total.